The van der Waals surface area contributed by atoms with E-state index in [4.69, 9.17) is 9.26 Å². The van der Waals surface area contributed by atoms with E-state index in [0.29, 0.717) is 6.54 Å². The van der Waals surface area contributed by atoms with E-state index in [2.05, 4.69) is 15.5 Å². The lowest BCUT2D eigenvalue weighted by Crippen LogP contribution is -2.46. The standard InChI is InChI=1S/C20H22F2N4O3/c1-20(2,3)18(10-26-7-6-23-12-26)24-19(27)16-9-14(29-25-16)11-28-17-5-4-13(21)8-15(17)22/h4-9,12,18H,10-11H2,1-3H3,(H,24,27)/t18-/m0/s1. The van der Waals surface area contributed by atoms with Crippen molar-refractivity contribution in [1.29, 1.82) is 0 Å². The second-order valence-electron chi connectivity index (χ2n) is 7.69. The normalized spacial score (nSPS) is 12.6. The number of ether oxygens (including phenoxy) is 1. The molecule has 0 saturated heterocycles. The Kier molecular flexibility index (Phi) is 5.95. The molecule has 1 atom stereocenters. The van der Waals surface area contributed by atoms with Gasteiger partial charge >= 0.3 is 0 Å². The zero-order valence-corrected chi connectivity index (χ0v) is 16.4. The first-order valence-electron chi connectivity index (χ1n) is 9.02. The topological polar surface area (TPSA) is 82.2 Å². The van der Waals surface area contributed by atoms with Gasteiger partial charge in [0.25, 0.3) is 5.91 Å². The molecule has 1 amide bonds. The van der Waals surface area contributed by atoms with Gasteiger partial charge in [-0.1, -0.05) is 25.9 Å². The summed E-state index contributed by atoms with van der Waals surface area (Å²) < 4.78 is 38.8. The first kappa shape index (κ1) is 20.5. The van der Waals surface area contributed by atoms with Crippen LogP contribution in [0.15, 0.2) is 47.5 Å². The Morgan fingerprint density at radius 2 is 2.10 bits per heavy atom. The van der Waals surface area contributed by atoms with Gasteiger partial charge in [0.05, 0.1) is 12.4 Å². The number of amides is 1. The van der Waals surface area contributed by atoms with Crippen molar-refractivity contribution in [3.8, 4) is 5.75 Å². The highest BCUT2D eigenvalue weighted by molar-refractivity contribution is 5.92. The molecule has 0 aliphatic heterocycles. The second-order valence-corrected chi connectivity index (χ2v) is 7.69. The van der Waals surface area contributed by atoms with Crippen LogP contribution in [0.2, 0.25) is 0 Å². The lowest BCUT2D eigenvalue weighted by Gasteiger charge is -2.31. The van der Waals surface area contributed by atoms with Gasteiger partial charge in [0, 0.05) is 31.1 Å². The number of hydrogen-bond donors (Lipinski definition) is 1. The number of nitrogens with one attached hydrogen (secondary N) is 1. The molecule has 0 spiro atoms. The molecule has 154 valence electrons. The molecular weight excluding hydrogens is 382 g/mol. The zero-order chi connectivity index (χ0) is 21.0. The van der Waals surface area contributed by atoms with Gasteiger partial charge in [-0.2, -0.15) is 0 Å². The first-order chi connectivity index (χ1) is 13.7. The monoisotopic (exact) mass is 404 g/mol. The number of aromatic nitrogens is 3. The highest BCUT2D eigenvalue weighted by Gasteiger charge is 2.28. The predicted octanol–water partition coefficient (Wildman–Crippen LogP) is 3.57. The molecule has 2 aromatic heterocycles. The molecule has 1 aromatic carbocycles. The van der Waals surface area contributed by atoms with E-state index in [1.165, 1.54) is 12.1 Å². The van der Waals surface area contributed by atoms with Crippen molar-refractivity contribution in [2.75, 3.05) is 0 Å². The van der Waals surface area contributed by atoms with Gasteiger partial charge in [-0.3, -0.25) is 4.79 Å². The van der Waals surface area contributed by atoms with Crippen LogP contribution in [-0.2, 0) is 13.2 Å². The van der Waals surface area contributed by atoms with E-state index >= 15 is 0 Å². The molecular formula is C20H22F2N4O3. The summed E-state index contributed by atoms with van der Waals surface area (Å²) in [5, 5.41) is 6.72. The quantitative estimate of drug-likeness (QED) is 0.651. The van der Waals surface area contributed by atoms with Crippen molar-refractivity contribution < 1.29 is 22.8 Å². The maximum absolute atomic E-state index is 13.6. The molecule has 0 aliphatic carbocycles. The minimum Gasteiger partial charge on any atom is -0.482 e. The molecule has 7 nitrogen and oxygen atoms in total. The maximum atomic E-state index is 13.6. The van der Waals surface area contributed by atoms with Gasteiger partial charge in [0.2, 0.25) is 0 Å². The third kappa shape index (κ3) is 5.40. The van der Waals surface area contributed by atoms with Crippen molar-refractivity contribution in [2.24, 2.45) is 5.41 Å². The average Bonchev–Trinajstić information content (AvgIpc) is 3.31. The van der Waals surface area contributed by atoms with Crippen molar-refractivity contribution in [2.45, 2.75) is 40.0 Å². The Labute approximate surface area is 166 Å². The Morgan fingerprint density at radius 1 is 1.31 bits per heavy atom. The van der Waals surface area contributed by atoms with Gasteiger partial charge in [-0.05, 0) is 17.5 Å². The van der Waals surface area contributed by atoms with Gasteiger partial charge in [0.1, 0.15) is 12.4 Å². The van der Waals surface area contributed by atoms with Crippen LogP contribution in [0.25, 0.3) is 0 Å². The predicted molar refractivity (Wildman–Crippen MR) is 100 cm³/mol. The van der Waals surface area contributed by atoms with Crippen molar-refractivity contribution >= 4 is 5.91 Å². The van der Waals surface area contributed by atoms with E-state index < -0.39 is 17.5 Å². The molecule has 2 heterocycles. The third-order valence-corrected chi connectivity index (χ3v) is 4.36. The Hall–Kier alpha value is -3.23. The summed E-state index contributed by atoms with van der Waals surface area (Å²) >= 11 is 0. The van der Waals surface area contributed by atoms with E-state index in [-0.39, 0.29) is 35.3 Å². The van der Waals surface area contributed by atoms with Crippen LogP contribution in [0.1, 0.15) is 37.0 Å². The summed E-state index contributed by atoms with van der Waals surface area (Å²) in [7, 11) is 0. The fourth-order valence-corrected chi connectivity index (χ4v) is 2.60. The lowest BCUT2D eigenvalue weighted by atomic mass is 9.86. The number of rotatable bonds is 7. The summed E-state index contributed by atoms with van der Waals surface area (Å²) in [4.78, 5) is 16.6. The van der Waals surface area contributed by atoms with E-state index in [0.717, 1.165) is 12.1 Å². The summed E-state index contributed by atoms with van der Waals surface area (Å²) in [5.74, 6) is -1.80. The van der Waals surface area contributed by atoms with E-state index in [1.54, 1.807) is 12.5 Å². The Balaban J connectivity index is 1.63. The molecule has 0 unspecified atom stereocenters. The lowest BCUT2D eigenvalue weighted by molar-refractivity contribution is 0.0883. The average molecular weight is 404 g/mol. The smallest absolute Gasteiger partial charge is 0.273 e. The highest BCUT2D eigenvalue weighted by Crippen LogP contribution is 2.22. The summed E-state index contributed by atoms with van der Waals surface area (Å²) in [6, 6.07) is 4.23. The van der Waals surface area contributed by atoms with Crippen LogP contribution in [-0.4, -0.2) is 26.7 Å². The number of benzene rings is 1. The van der Waals surface area contributed by atoms with E-state index in [9.17, 15) is 13.6 Å². The molecule has 9 heteroatoms. The minimum atomic E-state index is -0.824. The molecule has 0 radical (unpaired) electrons. The largest absolute Gasteiger partial charge is 0.482 e. The molecule has 0 saturated carbocycles. The summed E-state index contributed by atoms with van der Waals surface area (Å²) in [5.41, 5.74) is -0.126. The van der Waals surface area contributed by atoms with Gasteiger partial charge in [0.15, 0.2) is 23.0 Å². The fourth-order valence-electron chi connectivity index (χ4n) is 2.60. The molecule has 3 aromatic rings. The van der Waals surface area contributed by atoms with Crippen LogP contribution in [0.3, 0.4) is 0 Å². The first-order valence-corrected chi connectivity index (χ1v) is 9.02. The van der Waals surface area contributed by atoms with Crippen LogP contribution in [0.4, 0.5) is 8.78 Å². The molecule has 1 N–H and O–H groups in total. The van der Waals surface area contributed by atoms with Crippen molar-refractivity contribution in [1.82, 2.24) is 20.0 Å². The van der Waals surface area contributed by atoms with Gasteiger partial charge < -0.3 is 19.1 Å². The molecule has 0 fully saturated rings. The molecule has 29 heavy (non-hydrogen) atoms. The number of imidazole rings is 1. The number of hydrogen-bond acceptors (Lipinski definition) is 5. The molecule has 0 bridgehead atoms. The van der Waals surface area contributed by atoms with Crippen LogP contribution in [0, 0.1) is 17.0 Å². The summed E-state index contributed by atoms with van der Waals surface area (Å²) in [6.07, 6.45) is 5.19. The highest BCUT2D eigenvalue weighted by atomic mass is 19.1. The van der Waals surface area contributed by atoms with E-state index in [1.807, 2.05) is 31.5 Å². The Bertz CT molecular complexity index is 965. The van der Waals surface area contributed by atoms with Gasteiger partial charge in [-0.25, -0.2) is 13.8 Å². The summed E-state index contributed by atoms with van der Waals surface area (Å²) in [6.45, 7) is 6.46. The molecule has 0 aliphatic rings. The van der Waals surface area contributed by atoms with Gasteiger partial charge in [-0.15, -0.1) is 0 Å². The molecule has 3 rings (SSSR count). The van der Waals surface area contributed by atoms with Crippen LogP contribution < -0.4 is 10.1 Å². The second kappa shape index (κ2) is 8.42. The Morgan fingerprint density at radius 3 is 2.76 bits per heavy atom. The van der Waals surface area contributed by atoms with Crippen LogP contribution >= 0.6 is 0 Å². The fraction of sp³-hybridized carbons (Fsp3) is 0.350. The number of nitrogens with zero attached hydrogens (tertiary/aromatic N) is 3. The van der Waals surface area contributed by atoms with Crippen molar-refractivity contribution in [3.05, 3.63) is 66.1 Å². The van der Waals surface area contributed by atoms with Crippen LogP contribution in [0.5, 0.6) is 5.75 Å². The number of carbonyl (C=O) groups is 1. The maximum Gasteiger partial charge on any atom is 0.273 e. The third-order valence-electron chi connectivity index (χ3n) is 4.36. The minimum absolute atomic E-state index is 0.0862. The zero-order valence-electron chi connectivity index (χ0n) is 16.4. The van der Waals surface area contributed by atoms with Crippen molar-refractivity contribution in [3.63, 3.8) is 0 Å². The number of halogens is 2. The SMILES string of the molecule is CC(C)(C)[C@H](Cn1ccnc1)NC(=O)c1cc(COc2ccc(F)cc2F)on1. The number of carbonyl (C=O) groups excluding carboxylic acids is 1.